The standard InChI is InChI=1S/C20H18ClNO3S2/c1-10-7-8-11-14(9-10)27-19(15(11)20(24)25-2)22-18(23)17-16(21)12-5-3-4-6-13(12)26-17/h3-6,10H,7-9H2,1-2H3,(H,22,23)/t10-/m1/s1. The first-order valence-corrected chi connectivity index (χ1v) is 10.7. The molecule has 0 spiro atoms. The molecule has 2 aromatic heterocycles. The summed E-state index contributed by atoms with van der Waals surface area (Å²) in [7, 11) is 1.37. The van der Waals surface area contributed by atoms with E-state index >= 15 is 0 Å². The molecule has 1 amide bonds. The number of thiophene rings is 2. The lowest BCUT2D eigenvalue weighted by Gasteiger charge is -2.18. The highest BCUT2D eigenvalue weighted by molar-refractivity contribution is 7.22. The Morgan fingerprint density at radius 1 is 1.26 bits per heavy atom. The molecule has 0 fully saturated rings. The zero-order valence-electron chi connectivity index (χ0n) is 14.9. The van der Waals surface area contributed by atoms with Gasteiger partial charge in [0.2, 0.25) is 0 Å². The highest BCUT2D eigenvalue weighted by Gasteiger charge is 2.29. The van der Waals surface area contributed by atoms with Gasteiger partial charge >= 0.3 is 5.97 Å². The minimum atomic E-state index is -0.403. The fraction of sp³-hybridized carbons (Fsp3) is 0.300. The minimum Gasteiger partial charge on any atom is -0.465 e. The van der Waals surface area contributed by atoms with Crippen molar-refractivity contribution in [1.29, 1.82) is 0 Å². The number of hydrogen-bond acceptors (Lipinski definition) is 5. The number of ether oxygens (including phenoxy) is 1. The Balaban J connectivity index is 1.72. The van der Waals surface area contributed by atoms with E-state index in [1.165, 1.54) is 29.8 Å². The van der Waals surface area contributed by atoms with Gasteiger partial charge in [0.15, 0.2) is 0 Å². The number of amides is 1. The largest absolute Gasteiger partial charge is 0.465 e. The smallest absolute Gasteiger partial charge is 0.341 e. The fourth-order valence-electron chi connectivity index (χ4n) is 3.48. The zero-order chi connectivity index (χ0) is 19.1. The Hall–Kier alpha value is -1.89. The summed E-state index contributed by atoms with van der Waals surface area (Å²) in [5.74, 6) is -0.125. The third-order valence-corrected chi connectivity index (χ3v) is 7.71. The number of rotatable bonds is 3. The van der Waals surface area contributed by atoms with E-state index in [-0.39, 0.29) is 5.91 Å². The van der Waals surface area contributed by atoms with Gasteiger partial charge in [-0.3, -0.25) is 4.79 Å². The number of anilines is 1. The summed E-state index contributed by atoms with van der Waals surface area (Å²) in [6.07, 6.45) is 2.78. The van der Waals surface area contributed by atoms with Crippen molar-refractivity contribution in [2.75, 3.05) is 12.4 Å². The van der Waals surface area contributed by atoms with Gasteiger partial charge in [0.25, 0.3) is 5.91 Å². The number of halogens is 1. The van der Waals surface area contributed by atoms with Crippen molar-refractivity contribution >= 4 is 61.2 Å². The topological polar surface area (TPSA) is 55.4 Å². The number of carbonyl (C=O) groups is 2. The van der Waals surface area contributed by atoms with Crippen molar-refractivity contribution in [3.63, 3.8) is 0 Å². The summed E-state index contributed by atoms with van der Waals surface area (Å²) in [6.45, 7) is 2.20. The number of fused-ring (bicyclic) bond motifs is 2. The molecule has 0 radical (unpaired) electrons. The number of methoxy groups -OCH3 is 1. The van der Waals surface area contributed by atoms with Crippen LogP contribution >= 0.6 is 34.3 Å². The summed E-state index contributed by atoms with van der Waals surface area (Å²) in [6, 6.07) is 7.65. The number of nitrogens with one attached hydrogen (secondary N) is 1. The molecule has 4 rings (SSSR count). The highest BCUT2D eigenvalue weighted by Crippen LogP contribution is 2.41. The molecule has 0 aliphatic heterocycles. The molecule has 0 saturated heterocycles. The summed E-state index contributed by atoms with van der Waals surface area (Å²) >= 11 is 9.25. The Morgan fingerprint density at radius 2 is 2.04 bits per heavy atom. The van der Waals surface area contributed by atoms with Gasteiger partial charge in [0, 0.05) is 15.0 Å². The molecule has 7 heteroatoms. The summed E-state index contributed by atoms with van der Waals surface area (Å²) in [4.78, 5) is 26.9. The average Bonchev–Trinajstić information content (AvgIpc) is 3.18. The monoisotopic (exact) mass is 419 g/mol. The molecule has 0 saturated carbocycles. The van der Waals surface area contributed by atoms with Crippen molar-refractivity contribution in [2.45, 2.75) is 26.2 Å². The molecular formula is C20H18ClNO3S2. The second-order valence-electron chi connectivity index (χ2n) is 6.74. The van der Waals surface area contributed by atoms with E-state index in [1.807, 2.05) is 24.3 Å². The second-order valence-corrected chi connectivity index (χ2v) is 9.28. The second kappa shape index (κ2) is 7.26. The molecule has 0 unspecified atom stereocenters. The third kappa shape index (κ3) is 3.26. The van der Waals surface area contributed by atoms with Crippen LogP contribution in [0.3, 0.4) is 0 Å². The Kier molecular flexibility index (Phi) is 4.97. The summed E-state index contributed by atoms with van der Waals surface area (Å²) in [5, 5.41) is 4.79. The lowest BCUT2D eigenvalue weighted by molar-refractivity contribution is 0.0601. The summed E-state index contributed by atoms with van der Waals surface area (Å²) in [5.41, 5.74) is 1.51. The van der Waals surface area contributed by atoms with Crippen molar-refractivity contribution in [2.24, 2.45) is 5.92 Å². The van der Waals surface area contributed by atoms with Crippen LogP contribution in [0.15, 0.2) is 24.3 Å². The molecule has 1 aliphatic rings. The molecule has 0 bridgehead atoms. The van der Waals surface area contributed by atoms with Crippen LogP contribution in [0, 0.1) is 5.92 Å². The minimum absolute atomic E-state index is 0.294. The number of esters is 1. The van der Waals surface area contributed by atoms with Crippen LogP contribution in [0.25, 0.3) is 10.1 Å². The molecule has 4 nitrogen and oxygen atoms in total. The molecule has 3 aromatic rings. The lowest BCUT2D eigenvalue weighted by atomic mass is 9.88. The van der Waals surface area contributed by atoms with Crippen molar-refractivity contribution < 1.29 is 14.3 Å². The van der Waals surface area contributed by atoms with Crippen LogP contribution in [0.4, 0.5) is 5.00 Å². The van der Waals surface area contributed by atoms with E-state index in [2.05, 4.69) is 12.2 Å². The molecular weight excluding hydrogens is 402 g/mol. The van der Waals surface area contributed by atoms with Gasteiger partial charge < -0.3 is 10.1 Å². The molecule has 2 heterocycles. The van der Waals surface area contributed by atoms with Crippen LogP contribution in [0.1, 0.15) is 43.8 Å². The number of hydrogen-bond donors (Lipinski definition) is 1. The molecule has 140 valence electrons. The van der Waals surface area contributed by atoms with Crippen molar-refractivity contribution in [3.8, 4) is 0 Å². The van der Waals surface area contributed by atoms with Gasteiger partial charge in [0.1, 0.15) is 9.88 Å². The molecule has 27 heavy (non-hydrogen) atoms. The zero-order valence-corrected chi connectivity index (χ0v) is 17.3. The van der Waals surface area contributed by atoms with E-state index in [0.29, 0.717) is 26.4 Å². The quantitative estimate of drug-likeness (QED) is 0.547. The van der Waals surface area contributed by atoms with Gasteiger partial charge in [-0.25, -0.2) is 4.79 Å². The first kappa shape index (κ1) is 18.5. The predicted molar refractivity (Wildman–Crippen MR) is 112 cm³/mol. The average molecular weight is 420 g/mol. The maximum Gasteiger partial charge on any atom is 0.341 e. The van der Waals surface area contributed by atoms with Crippen LogP contribution < -0.4 is 5.32 Å². The molecule has 1 atom stereocenters. The molecule has 1 N–H and O–H groups in total. The predicted octanol–water partition coefficient (Wildman–Crippen LogP) is 5.78. The van der Waals surface area contributed by atoms with Gasteiger partial charge in [-0.05, 0) is 36.8 Å². The Labute approximate surface area is 170 Å². The first-order chi connectivity index (χ1) is 13.0. The van der Waals surface area contributed by atoms with Gasteiger partial charge in [-0.1, -0.05) is 36.7 Å². The first-order valence-electron chi connectivity index (χ1n) is 8.70. The van der Waals surface area contributed by atoms with Crippen LogP contribution in [0.2, 0.25) is 5.02 Å². The number of carbonyl (C=O) groups excluding carboxylic acids is 2. The van der Waals surface area contributed by atoms with E-state index < -0.39 is 5.97 Å². The van der Waals surface area contributed by atoms with Crippen molar-refractivity contribution in [1.82, 2.24) is 0 Å². The van der Waals surface area contributed by atoms with Crippen LogP contribution in [0.5, 0.6) is 0 Å². The maximum absolute atomic E-state index is 12.9. The van der Waals surface area contributed by atoms with Crippen LogP contribution in [-0.4, -0.2) is 19.0 Å². The fourth-order valence-corrected chi connectivity index (χ4v) is 6.28. The highest BCUT2D eigenvalue weighted by atomic mass is 35.5. The van der Waals surface area contributed by atoms with Crippen LogP contribution in [-0.2, 0) is 17.6 Å². The van der Waals surface area contributed by atoms with Gasteiger partial charge in [-0.15, -0.1) is 22.7 Å². The molecule has 1 aromatic carbocycles. The SMILES string of the molecule is COC(=O)c1c(NC(=O)c2sc3ccccc3c2Cl)sc2c1CC[C@@H](C)C2. The van der Waals surface area contributed by atoms with E-state index in [4.69, 9.17) is 16.3 Å². The Morgan fingerprint density at radius 3 is 2.78 bits per heavy atom. The normalized spacial score (nSPS) is 16.2. The number of benzene rings is 1. The maximum atomic E-state index is 12.9. The molecule has 1 aliphatic carbocycles. The van der Waals surface area contributed by atoms with Crippen molar-refractivity contribution in [3.05, 3.63) is 50.2 Å². The third-order valence-electron chi connectivity index (χ3n) is 4.87. The summed E-state index contributed by atoms with van der Waals surface area (Å²) < 4.78 is 5.94. The van der Waals surface area contributed by atoms with Gasteiger partial charge in [0.05, 0.1) is 17.7 Å². The van der Waals surface area contributed by atoms with E-state index in [1.54, 1.807) is 0 Å². The van der Waals surface area contributed by atoms with E-state index in [9.17, 15) is 9.59 Å². The Bertz CT molecular complexity index is 1050. The lowest BCUT2D eigenvalue weighted by Crippen LogP contribution is -2.15. The van der Waals surface area contributed by atoms with E-state index in [0.717, 1.165) is 39.8 Å². The van der Waals surface area contributed by atoms with Gasteiger partial charge in [-0.2, -0.15) is 0 Å².